The number of carbonyl (C=O) groups excluding carboxylic acids is 1. The Morgan fingerprint density at radius 1 is 0.613 bits per heavy atom. The molecule has 2 aromatic carbocycles. The fourth-order valence-electron chi connectivity index (χ4n) is 7.90. The SMILES string of the molecule is CC(C)C[C@H](CCCCCCCCCC[C@@H](O[Si](C)(C)C(C)(C)C)[C@@H](O)[C@H](CO[Si](c1ccccc1)(c1ccccc1)C(C)(C)C)NC(=O)OC(C)(C)C)O[Si](C)(C)C(C)(C)C. The van der Waals surface area contributed by atoms with E-state index >= 15 is 0 Å². The average Bonchev–Trinajstić information content (AvgIpc) is 3.12. The van der Waals surface area contributed by atoms with Gasteiger partial charge < -0.3 is 28.4 Å². The Kier molecular flexibility index (Phi) is 21.9. The molecule has 0 aliphatic heterocycles. The zero-order valence-electron chi connectivity index (χ0n) is 43.1. The Hall–Kier alpha value is -1.80. The molecule has 0 heterocycles. The van der Waals surface area contributed by atoms with E-state index in [0.717, 1.165) is 42.5 Å². The Bertz CT molecular complexity index is 1520. The lowest BCUT2D eigenvalue weighted by Gasteiger charge is -2.45. The number of alkyl carbamates (subject to hydrolysis) is 1. The number of amides is 1. The minimum absolute atomic E-state index is 0.0594. The summed E-state index contributed by atoms with van der Waals surface area (Å²) in [6.45, 7) is 40.0. The van der Waals surface area contributed by atoms with Crippen LogP contribution in [0.5, 0.6) is 0 Å². The lowest BCUT2D eigenvalue weighted by Crippen LogP contribution is -2.68. The molecule has 2 N–H and O–H groups in total. The highest BCUT2D eigenvalue weighted by atomic mass is 28.4. The van der Waals surface area contributed by atoms with E-state index in [1.165, 1.54) is 32.1 Å². The molecule has 2 rings (SSSR count). The maximum Gasteiger partial charge on any atom is 0.408 e. The van der Waals surface area contributed by atoms with Gasteiger partial charge in [0.05, 0.1) is 18.8 Å². The second-order valence-corrected chi connectivity index (χ2v) is 37.5. The van der Waals surface area contributed by atoms with Gasteiger partial charge in [-0.25, -0.2) is 4.79 Å². The topological polar surface area (TPSA) is 86.2 Å². The summed E-state index contributed by atoms with van der Waals surface area (Å²) in [4.78, 5) is 13.6. The molecule has 356 valence electrons. The third kappa shape index (κ3) is 17.9. The van der Waals surface area contributed by atoms with Crippen molar-refractivity contribution in [1.82, 2.24) is 5.32 Å². The van der Waals surface area contributed by atoms with E-state index in [2.05, 4.69) is 156 Å². The van der Waals surface area contributed by atoms with E-state index in [1.54, 1.807) is 0 Å². The van der Waals surface area contributed by atoms with E-state index in [0.29, 0.717) is 18.4 Å². The van der Waals surface area contributed by atoms with Gasteiger partial charge in [-0.3, -0.25) is 0 Å². The highest BCUT2D eigenvalue weighted by Crippen LogP contribution is 2.41. The van der Waals surface area contributed by atoms with Crippen LogP contribution >= 0.6 is 0 Å². The molecule has 0 saturated heterocycles. The van der Waals surface area contributed by atoms with Crippen LogP contribution in [0.2, 0.25) is 41.3 Å². The normalized spacial score (nSPS) is 15.6. The van der Waals surface area contributed by atoms with Crippen molar-refractivity contribution in [3.05, 3.63) is 60.7 Å². The van der Waals surface area contributed by atoms with Gasteiger partial charge in [-0.15, -0.1) is 0 Å². The summed E-state index contributed by atoms with van der Waals surface area (Å²) in [5, 5.41) is 17.8. The Morgan fingerprint density at radius 3 is 1.44 bits per heavy atom. The monoisotopic (exact) mass is 914 g/mol. The fraction of sp³-hybridized carbons (Fsp3) is 0.750. The summed E-state index contributed by atoms with van der Waals surface area (Å²) in [5.41, 5.74) is -0.704. The molecule has 0 bridgehead atoms. The van der Waals surface area contributed by atoms with E-state index < -0.39 is 54.9 Å². The zero-order valence-corrected chi connectivity index (χ0v) is 46.1. The number of aliphatic hydroxyl groups is 1. The lowest BCUT2D eigenvalue weighted by atomic mass is 9.99. The predicted molar refractivity (Wildman–Crippen MR) is 273 cm³/mol. The molecule has 0 saturated carbocycles. The maximum absolute atomic E-state index is 13.6. The molecule has 2 aromatic rings. The van der Waals surface area contributed by atoms with Crippen LogP contribution in [0, 0.1) is 5.92 Å². The third-order valence-electron chi connectivity index (χ3n) is 13.4. The van der Waals surface area contributed by atoms with Crippen LogP contribution in [0.25, 0.3) is 0 Å². The van der Waals surface area contributed by atoms with Crippen LogP contribution in [-0.2, 0) is 18.0 Å². The van der Waals surface area contributed by atoms with Crippen LogP contribution in [0.1, 0.15) is 168 Å². The third-order valence-corrected chi connectivity index (χ3v) is 27.5. The number of unbranched alkanes of at least 4 members (excludes halogenated alkanes) is 7. The Morgan fingerprint density at radius 2 is 1.03 bits per heavy atom. The van der Waals surface area contributed by atoms with Gasteiger partial charge in [0.2, 0.25) is 0 Å². The molecule has 4 atom stereocenters. The zero-order chi connectivity index (χ0) is 47.2. The highest BCUT2D eigenvalue weighted by molar-refractivity contribution is 6.99. The smallest absolute Gasteiger partial charge is 0.408 e. The largest absolute Gasteiger partial charge is 0.444 e. The Balaban J connectivity index is 2.25. The molecule has 0 aliphatic rings. The molecule has 0 spiro atoms. The first kappa shape index (κ1) is 56.3. The molecule has 0 radical (unpaired) electrons. The molecule has 7 nitrogen and oxygen atoms in total. The highest BCUT2D eigenvalue weighted by Gasteiger charge is 2.51. The summed E-state index contributed by atoms with van der Waals surface area (Å²) >= 11 is 0. The average molecular weight is 915 g/mol. The molecule has 0 unspecified atom stereocenters. The molecule has 1 amide bonds. The van der Waals surface area contributed by atoms with Gasteiger partial charge in [-0.05, 0) is 97.6 Å². The summed E-state index contributed by atoms with van der Waals surface area (Å²) in [5.74, 6) is 0.645. The van der Waals surface area contributed by atoms with Gasteiger partial charge in [0.25, 0.3) is 8.32 Å². The van der Waals surface area contributed by atoms with Crippen molar-refractivity contribution in [2.45, 2.75) is 239 Å². The van der Waals surface area contributed by atoms with Crippen molar-refractivity contribution in [2.24, 2.45) is 5.92 Å². The van der Waals surface area contributed by atoms with E-state index in [-0.39, 0.29) is 21.7 Å². The quantitative estimate of drug-likeness (QED) is 0.0762. The van der Waals surface area contributed by atoms with Gasteiger partial charge in [-0.2, -0.15) is 0 Å². The molecule has 10 heteroatoms. The number of aliphatic hydroxyl groups excluding tert-OH is 1. The van der Waals surface area contributed by atoms with E-state index in [4.69, 9.17) is 18.0 Å². The molecule has 62 heavy (non-hydrogen) atoms. The number of ether oxygens (including phenoxy) is 1. The van der Waals surface area contributed by atoms with Crippen LogP contribution in [0.15, 0.2) is 60.7 Å². The van der Waals surface area contributed by atoms with E-state index in [9.17, 15) is 9.90 Å². The minimum Gasteiger partial charge on any atom is -0.444 e. The summed E-state index contributed by atoms with van der Waals surface area (Å²) < 4.78 is 27.1. The van der Waals surface area contributed by atoms with Crippen molar-refractivity contribution in [3.63, 3.8) is 0 Å². The van der Waals surface area contributed by atoms with Gasteiger partial charge in [0.15, 0.2) is 16.6 Å². The minimum atomic E-state index is -2.99. The van der Waals surface area contributed by atoms with Crippen LogP contribution in [-0.4, -0.2) is 72.7 Å². The van der Waals surface area contributed by atoms with Crippen LogP contribution < -0.4 is 15.7 Å². The molecule has 0 aliphatic carbocycles. The number of carbonyl (C=O) groups is 1. The van der Waals surface area contributed by atoms with Crippen LogP contribution in [0.3, 0.4) is 0 Å². The first-order chi connectivity index (χ1) is 28.4. The fourth-order valence-corrected chi connectivity index (χ4v) is 15.3. The number of benzene rings is 2. The number of hydrogen-bond acceptors (Lipinski definition) is 6. The van der Waals surface area contributed by atoms with Gasteiger partial charge in [0.1, 0.15) is 11.7 Å². The van der Waals surface area contributed by atoms with Gasteiger partial charge in [-0.1, -0.05) is 188 Å². The standard InChI is InChI=1S/C52H95NO6Si3/c1-41(2)39-42(58-60(15,16)50(6,7)8)33-27-23-21-19-20-22-24-32-38-46(59-61(17,18)51(9,10)11)47(54)45(53-48(55)57-49(3,4)5)40-56-62(52(12,13)14,43-34-28-25-29-35-43)44-36-30-26-31-37-44/h25-26,28-31,34-37,41-42,45-47,54H,19-24,27,32-33,38-40H2,1-18H3,(H,53,55)/t42-,45-,46+,47-/m0/s1. The number of rotatable bonds is 25. The first-order valence-electron chi connectivity index (χ1n) is 24.2. The van der Waals surface area contributed by atoms with Crippen molar-refractivity contribution >= 4 is 41.4 Å². The molecule has 0 fully saturated rings. The molecular weight excluding hydrogens is 819 g/mol. The van der Waals surface area contributed by atoms with Gasteiger partial charge in [0, 0.05) is 6.10 Å². The predicted octanol–water partition coefficient (Wildman–Crippen LogP) is 13.5. The van der Waals surface area contributed by atoms with Crippen molar-refractivity contribution < 1.29 is 27.9 Å². The first-order valence-corrected chi connectivity index (χ1v) is 31.9. The van der Waals surface area contributed by atoms with E-state index in [1.807, 2.05) is 32.9 Å². The summed E-state index contributed by atoms with van der Waals surface area (Å²) in [7, 11) is -7.10. The molecule has 0 aromatic heterocycles. The lowest BCUT2D eigenvalue weighted by molar-refractivity contribution is -0.0174. The number of hydrogen-bond donors (Lipinski definition) is 2. The summed E-state index contributed by atoms with van der Waals surface area (Å²) in [6.07, 6.45) is 10.7. The summed E-state index contributed by atoms with van der Waals surface area (Å²) in [6, 6.07) is 20.2. The second kappa shape index (κ2) is 24.1. The maximum atomic E-state index is 13.6. The van der Waals surface area contributed by atoms with Crippen molar-refractivity contribution in [3.8, 4) is 0 Å². The van der Waals surface area contributed by atoms with Gasteiger partial charge >= 0.3 is 6.09 Å². The van der Waals surface area contributed by atoms with Crippen molar-refractivity contribution in [1.29, 1.82) is 0 Å². The number of nitrogens with one attached hydrogen (secondary N) is 1. The van der Waals surface area contributed by atoms with Crippen LogP contribution in [0.4, 0.5) is 4.79 Å². The Labute approximate surface area is 385 Å². The molecular formula is C52H95NO6Si3. The van der Waals surface area contributed by atoms with Crippen molar-refractivity contribution in [2.75, 3.05) is 6.61 Å². The second-order valence-electron chi connectivity index (χ2n) is 23.7.